The van der Waals surface area contributed by atoms with Crippen molar-refractivity contribution in [2.45, 2.75) is 99.3 Å². The van der Waals surface area contributed by atoms with E-state index in [1.54, 1.807) is 7.11 Å². The van der Waals surface area contributed by atoms with Crippen molar-refractivity contribution in [3.8, 4) is 5.75 Å². The van der Waals surface area contributed by atoms with E-state index in [4.69, 9.17) is 13.9 Å². The first-order valence-electron chi connectivity index (χ1n) is 13.6. The molecule has 1 heterocycles. The van der Waals surface area contributed by atoms with Crippen molar-refractivity contribution in [2.75, 3.05) is 14.2 Å². The number of allylic oxidation sites excluding steroid dienone is 1. The van der Waals surface area contributed by atoms with E-state index < -0.39 is 18.4 Å². The van der Waals surface area contributed by atoms with Crippen LogP contribution in [0, 0.1) is 13.8 Å². The van der Waals surface area contributed by atoms with E-state index in [1.807, 2.05) is 19.9 Å². The Balaban J connectivity index is 2.69. The summed E-state index contributed by atoms with van der Waals surface area (Å²) in [6.45, 7) is 10.7. The average molecular weight is 605 g/mol. The molecule has 36 heavy (non-hydrogen) atoms. The second-order valence-corrected chi connectivity index (χ2v) is 23.0. The molecule has 6 nitrogen and oxygen atoms in total. The third kappa shape index (κ3) is 8.09. The first kappa shape index (κ1) is 30.4. The van der Waals surface area contributed by atoms with Crippen LogP contribution in [0.15, 0.2) is 22.6 Å². The maximum absolute atomic E-state index is 12.8. The molecule has 2 aromatic rings. The molecule has 0 aliphatic rings. The quantitative estimate of drug-likeness (QED) is 0.143. The van der Waals surface area contributed by atoms with E-state index in [9.17, 15) is 4.79 Å². The van der Waals surface area contributed by atoms with E-state index in [0.717, 1.165) is 18.4 Å². The summed E-state index contributed by atoms with van der Waals surface area (Å²) in [6, 6.07) is 4.25. The standard InChI is InChI=1S/C17H19N2O4.3C4H9.Sn/c1-11-9-13(10-14(16(11)21-3)17(20)22-4)7-5-6-8-15-19-18-12(2)23-15;3*1-3-4-2;/h5,9-10H,6,8H2,1-4H3;3*1,3-4H2,2H3;. The number of aromatic nitrogens is 2. The van der Waals surface area contributed by atoms with Gasteiger partial charge in [0.05, 0.1) is 0 Å². The zero-order valence-electron chi connectivity index (χ0n) is 23.5. The SMILES string of the molecule is CCC[CH2][Sn]([CH2]CCC)([CH2]CCC)/[C](=C/CCc1nnc(C)o1)c1cc(C)c(OC)c(C(=O)OC)c1. The van der Waals surface area contributed by atoms with Crippen LogP contribution >= 0.6 is 0 Å². The Hall–Kier alpha value is -1.83. The summed E-state index contributed by atoms with van der Waals surface area (Å²) in [5.41, 5.74) is 2.65. The van der Waals surface area contributed by atoms with Gasteiger partial charge in [0, 0.05) is 0 Å². The third-order valence-electron chi connectivity index (χ3n) is 7.07. The number of hydrogen-bond donors (Lipinski definition) is 0. The molecule has 0 radical (unpaired) electrons. The van der Waals surface area contributed by atoms with Crippen LogP contribution < -0.4 is 4.74 Å². The third-order valence-corrected chi connectivity index (χ3v) is 23.0. The van der Waals surface area contributed by atoms with Gasteiger partial charge in [-0.2, -0.15) is 0 Å². The number of hydrogen-bond acceptors (Lipinski definition) is 6. The molecule has 0 bridgehead atoms. The van der Waals surface area contributed by atoms with Crippen LogP contribution in [0.3, 0.4) is 0 Å². The van der Waals surface area contributed by atoms with Gasteiger partial charge < -0.3 is 0 Å². The molecule has 0 aliphatic heterocycles. The molecular weight excluding hydrogens is 559 g/mol. The van der Waals surface area contributed by atoms with Crippen molar-refractivity contribution in [2.24, 2.45) is 0 Å². The average Bonchev–Trinajstić information content (AvgIpc) is 3.30. The predicted molar refractivity (Wildman–Crippen MR) is 149 cm³/mol. The number of benzene rings is 1. The van der Waals surface area contributed by atoms with Crippen LogP contribution in [0.1, 0.15) is 99.0 Å². The Labute approximate surface area is 222 Å². The second-order valence-electron chi connectivity index (χ2n) is 9.83. The molecule has 0 fully saturated rings. The van der Waals surface area contributed by atoms with Crippen LogP contribution in [0.5, 0.6) is 5.75 Å². The summed E-state index contributed by atoms with van der Waals surface area (Å²) >= 11 is -2.86. The van der Waals surface area contributed by atoms with Gasteiger partial charge in [0.15, 0.2) is 0 Å². The monoisotopic (exact) mass is 606 g/mol. The number of nitrogens with zero attached hydrogens (tertiary/aromatic N) is 2. The summed E-state index contributed by atoms with van der Waals surface area (Å²) in [5.74, 6) is 1.53. The predicted octanol–water partition coefficient (Wildman–Crippen LogP) is 7.89. The molecule has 2 rings (SSSR count). The van der Waals surface area contributed by atoms with E-state index in [1.165, 1.54) is 68.1 Å². The molecule has 0 saturated carbocycles. The van der Waals surface area contributed by atoms with Gasteiger partial charge in [-0.15, -0.1) is 0 Å². The number of ether oxygens (including phenoxy) is 2. The Morgan fingerprint density at radius 2 is 1.58 bits per heavy atom. The number of rotatable bonds is 16. The Kier molecular flexibility index (Phi) is 13.0. The molecule has 1 aromatic heterocycles. The Morgan fingerprint density at radius 1 is 0.972 bits per heavy atom. The zero-order valence-corrected chi connectivity index (χ0v) is 26.4. The molecule has 0 saturated heterocycles. The van der Waals surface area contributed by atoms with Crippen molar-refractivity contribution in [1.82, 2.24) is 10.2 Å². The zero-order chi connectivity index (χ0) is 26.6. The van der Waals surface area contributed by atoms with E-state index >= 15 is 0 Å². The first-order chi connectivity index (χ1) is 17.3. The van der Waals surface area contributed by atoms with Crippen LogP contribution in [-0.4, -0.2) is 48.8 Å². The maximum atomic E-state index is 12.8. The number of methoxy groups -OCH3 is 2. The summed E-state index contributed by atoms with van der Waals surface area (Å²) in [5, 5.41) is 8.20. The van der Waals surface area contributed by atoms with Crippen LogP contribution in [0.4, 0.5) is 0 Å². The summed E-state index contributed by atoms with van der Waals surface area (Å²) in [6.07, 6.45) is 11.5. The fraction of sp³-hybridized carbons (Fsp3) is 0.621. The van der Waals surface area contributed by atoms with Gasteiger partial charge in [-0.3, -0.25) is 0 Å². The van der Waals surface area contributed by atoms with E-state index in [0.29, 0.717) is 23.1 Å². The molecule has 0 N–H and O–H groups in total. The second kappa shape index (κ2) is 15.4. The fourth-order valence-electron chi connectivity index (χ4n) is 5.21. The summed E-state index contributed by atoms with van der Waals surface area (Å²) in [4.78, 5) is 12.8. The van der Waals surface area contributed by atoms with Gasteiger partial charge in [0.25, 0.3) is 0 Å². The number of unbranched alkanes of at least 4 members (excludes halogenated alkanes) is 3. The van der Waals surface area contributed by atoms with Crippen molar-refractivity contribution in [3.63, 3.8) is 0 Å². The van der Waals surface area contributed by atoms with Gasteiger partial charge >= 0.3 is 223 Å². The number of esters is 1. The van der Waals surface area contributed by atoms with E-state index in [2.05, 4.69) is 43.1 Å². The van der Waals surface area contributed by atoms with Gasteiger partial charge in [-0.1, -0.05) is 0 Å². The van der Waals surface area contributed by atoms with Crippen molar-refractivity contribution in [3.05, 3.63) is 46.7 Å². The molecule has 1 aromatic carbocycles. The topological polar surface area (TPSA) is 74.5 Å². The number of carbonyl (C=O) groups is 1. The van der Waals surface area contributed by atoms with Gasteiger partial charge in [0.1, 0.15) is 0 Å². The summed E-state index contributed by atoms with van der Waals surface area (Å²) in [7, 11) is 3.05. The Morgan fingerprint density at radius 3 is 2.06 bits per heavy atom. The molecule has 200 valence electrons. The first-order valence-corrected chi connectivity index (χ1v) is 21.1. The molecule has 0 spiro atoms. The van der Waals surface area contributed by atoms with Crippen LogP contribution in [0.2, 0.25) is 13.3 Å². The van der Waals surface area contributed by atoms with Gasteiger partial charge in [-0.05, 0) is 0 Å². The molecular formula is C29H46N2O4Sn. The fourth-order valence-corrected chi connectivity index (χ4v) is 22.3. The van der Waals surface area contributed by atoms with E-state index in [-0.39, 0.29) is 5.97 Å². The van der Waals surface area contributed by atoms with Crippen LogP contribution in [-0.2, 0) is 11.2 Å². The molecule has 0 amide bonds. The van der Waals surface area contributed by atoms with Gasteiger partial charge in [-0.25, -0.2) is 0 Å². The van der Waals surface area contributed by atoms with Crippen LogP contribution in [0.25, 0.3) is 3.59 Å². The normalized spacial score (nSPS) is 12.1. The van der Waals surface area contributed by atoms with Crippen molar-refractivity contribution in [1.29, 1.82) is 0 Å². The minimum atomic E-state index is -2.86. The number of carbonyl (C=O) groups excluding carboxylic acids is 1. The molecule has 0 unspecified atom stereocenters. The van der Waals surface area contributed by atoms with Gasteiger partial charge in [0.2, 0.25) is 0 Å². The molecule has 0 aliphatic carbocycles. The number of aryl methyl sites for hydroxylation is 3. The van der Waals surface area contributed by atoms with Crippen molar-refractivity contribution >= 4 is 27.9 Å². The molecule has 7 heteroatoms. The Bertz CT molecular complexity index is 977. The summed E-state index contributed by atoms with van der Waals surface area (Å²) < 4.78 is 22.0. The molecule has 0 atom stereocenters. The minimum absolute atomic E-state index is 0.353. The van der Waals surface area contributed by atoms with Crippen molar-refractivity contribution < 1.29 is 18.7 Å².